The molecule has 0 saturated carbocycles. The average molecular weight is 404 g/mol. The van der Waals surface area contributed by atoms with Crippen LogP contribution in [0.3, 0.4) is 0 Å². The van der Waals surface area contributed by atoms with Gasteiger partial charge >= 0.3 is 0 Å². The van der Waals surface area contributed by atoms with E-state index in [1.165, 1.54) is 16.2 Å². The first kappa shape index (κ1) is 18.9. The first-order chi connectivity index (χ1) is 14.0. The predicted molar refractivity (Wildman–Crippen MR) is 115 cm³/mol. The minimum Gasteiger partial charge on any atom is -0.378 e. The van der Waals surface area contributed by atoms with Crippen molar-refractivity contribution in [3.63, 3.8) is 0 Å². The van der Waals surface area contributed by atoms with Crippen LogP contribution in [0.25, 0.3) is 5.57 Å². The number of carbonyl (C=O) groups is 2. The van der Waals surface area contributed by atoms with Crippen molar-refractivity contribution in [2.24, 2.45) is 0 Å². The van der Waals surface area contributed by atoms with E-state index in [2.05, 4.69) is 10.3 Å². The second kappa shape index (κ2) is 7.89. The van der Waals surface area contributed by atoms with Crippen LogP contribution in [0.2, 0.25) is 0 Å². The molecule has 0 aliphatic carbocycles. The van der Waals surface area contributed by atoms with E-state index in [0.29, 0.717) is 11.3 Å². The zero-order valence-electron chi connectivity index (χ0n) is 16.1. The molecule has 1 aliphatic heterocycles. The van der Waals surface area contributed by atoms with Gasteiger partial charge in [-0.1, -0.05) is 6.07 Å². The third kappa shape index (κ3) is 3.77. The highest BCUT2D eigenvalue weighted by Gasteiger charge is 2.39. The molecule has 0 unspecified atom stereocenters. The fraction of sp³-hybridized carbons (Fsp3) is 0.136. The number of carbonyl (C=O) groups excluding carboxylic acids is 2. The Kier molecular flexibility index (Phi) is 5.14. The van der Waals surface area contributed by atoms with Crippen LogP contribution in [0.15, 0.2) is 72.0 Å². The first-order valence-corrected chi connectivity index (χ1v) is 10.00. The van der Waals surface area contributed by atoms with Gasteiger partial charge in [0.25, 0.3) is 11.8 Å². The highest BCUT2D eigenvalue weighted by atomic mass is 32.1. The standard InChI is InChI=1S/C22H20N4O2S/c1-25(2)17-7-5-16(6-8-17)24-20-19(18-4-3-13-29-18)21(27)26(22(20)28)14-15-9-11-23-12-10-15/h3-13,24H,14H2,1-2H3. The van der Waals surface area contributed by atoms with E-state index in [9.17, 15) is 9.59 Å². The minimum atomic E-state index is -0.327. The molecule has 3 heterocycles. The summed E-state index contributed by atoms with van der Waals surface area (Å²) in [5.74, 6) is -0.617. The molecular weight excluding hydrogens is 384 g/mol. The highest BCUT2D eigenvalue weighted by Crippen LogP contribution is 2.33. The van der Waals surface area contributed by atoms with Crippen molar-refractivity contribution >= 4 is 40.1 Å². The maximum Gasteiger partial charge on any atom is 0.278 e. The van der Waals surface area contributed by atoms with E-state index in [-0.39, 0.29) is 18.4 Å². The van der Waals surface area contributed by atoms with E-state index < -0.39 is 0 Å². The summed E-state index contributed by atoms with van der Waals surface area (Å²) >= 11 is 1.44. The Morgan fingerprint density at radius 3 is 2.34 bits per heavy atom. The molecule has 1 N–H and O–H groups in total. The summed E-state index contributed by atoms with van der Waals surface area (Å²) in [4.78, 5) is 34.4. The van der Waals surface area contributed by atoms with Crippen LogP contribution >= 0.6 is 11.3 Å². The number of imide groups is 1. The van der Waals surface area contributed by atoms with E-state index >= 15 is 0 Å². The number of hydrogen-bond donors (Lipinski definition) is 1. The van der Waals surface area contributed by atoms with Gasteiger partial charge < -0.3 is 10.2 Å². The fourth-order valence-electron chi connectivity index (χ4n) is 3.14. The summed E-state index contributed by atoms with van der Waals surface area (Å²) in [7, 11) is 3.94. The van der Waals surface area contributed by atoms with Gasteiger partial charge in [0, 0.05) is 42.7 Å². The SMILES string of the molecule is CN(C)c1ccc(NC2=C(c3cccs3)C(=O)N(Cc3ccncc3)C2=O)cc1. The van der Waals surface area contributed by atoms with Gasteiger partial charge in [0.15, 0.2) is 0 Å². The molecule has 1 aromatic carbocycles. The van der Waals surface area contributed by atoms with E-state index in [0.717, 1.165) is 21.8 Å². The normalized spacial score (nSPS) is 13.9. The van der Waals surface area contributed by atoms with Crippen LogP contribution in [-0.2, 0) is 16.1 Å². The zero-order valence-corrected chi connectivity index (χ0v) is 16.9. The lowest BCUT2D eigenvalue weighted by atomic mass is 10.1. The molecule has 0 radical (unpaired) electrons. The highest BCUT2D eigenvalue weighted by molar-refractivity contribution is 7.11. The number of rotatable bonds is 6. The van der Waals surface area contributed by atoms with Gasteiger partial charge in [0.1, 0.15) is 5.70 Å². The quantitative estimate of drug-likeness (QED) is 0.636. The van der Waals surface area contributed by atoms with Crippen molar-refractivity contribution in [2.75, 3.05) is 24.3 Å². The molecule has 0 saturated heterocycles. The van der Waals surface area contributed by atoms with Crippen molar-refractivity contribution in [1.82, 2.24) is 9.88 Å². The van der Waals surface area contributed by atoms with Gasteiger partial charge in [0.2, 0.25) is 0 Å². The van der Waals surface area contributed by atoms with Crippen molar-refractivity contribution in [1.29, 1.82) is 0 Å². The lowest BCUT2D eigenvalue weighted by Crippen LogP contribution is -2.31. The Hall–Kier alpha value is -3.45. The molecular formula is C22H20N4O2S. The Balaban J connectivity index is 1.67. The molecule has 0 atom stereocenters. The number of hydrogen-bond acceptors (Lipinski definition) is 6. The van der Waals surface area contributed by atoms with Crippen LogP contribution in [0.4, 0.5) is 11.4 Å². The number of aromatic nitrogens is 1. The molecule has 146 valence electrons. The smallest absolute Gasteiger partial charge is 0.278 e. The second-order valence-corrected chi connectivity index (χ2v) is 7.79. The Bertz CT molecular complexity index is 1060. The topological polar surface area (TPSA) is 65.5 Å². The third-order valence-electron chi connectivity index (χ3n) is 4.68. The summed E-state index contributed by atoms with van der Waals surface area (Å²) < 4.78 is 0. The van der Waals surface area contributed by atoms with Crippen LogP contribution in [0.5, 0.6) is 0 Å². The van der Waals surface area contributed by atoms with Gasteiger partial charge in [0.05, 0.1) is 12.1 Å². The summed E-state index contributed by atoms with van der Waals surface area (Å²) in [5.41, 5.74) is 3.38. The molecule has 0 bridgehead atoms. The van der Waals surface area contributed by atoms with Gasteiger partial charge in [-0.2, -0.15) is 0 Å². The van der Waals surface area contributed by atoms with Crippen LogP contribution < -0.4 is 10.2 Å². The number of amides is 2. The lowest BCUT2D eigenvalue weighted by molar-refractivity contribution is -0.137. The summed E-state index contributed by atoms with van der Waals surface area (Å²) in [5, 5.41) is 5.08. The molecule has 7 heteroatoms. The number of nitrogens with zero attached hydrogens (tertiary/aromatic N) is 3. The first-order valence-electron chi connectivity index (χ1n) is 9.12. The molecule has 0 fully saturated rings. The number of benzene rings is 1. The Morgan fingerprint density at radius 1 is 1.00 bits per heavy atom. The van der Waals surface area contributed by atoms with Gasteiger partial charge in [-0.05, 0) is 53.4 Å². The van der Waals surface area contributed by atoms with Crippen molar-refractivity contribution < 1.29 is 9.59 Å². The van der Waals surface area contributed by atoms with E-state index in [1.807, 2.05) is 60.8 Å². The van der Waals surface area contributed by atoms with Crippen molar-refractivity contribution in [3.8, 4) is 0 Å². The third-order valence-corrected chi connectivity index (χ3v) is 5.57. The van der Waals surface area contributed by atoms with Gasteiger partial charge in [-0.15, -0.1) is 11.3 Å². The minimum absolute atomic E-state index is 0.208. The molecule has 6 nitrogen and oxygen atoms in total. The number of pyridine rings is 1. The number of anilines is 2. The van der Waals surface area contributed by atoms with Crippen molar-refractivity contribution in [3.05, 3.63) is 82.4 Å². The Morgan fingerprint density at radius 2 is 1.72 bits per heavy atom. The molecule has 2 amide bonds. The Labute approximate surface area is 173 Å². The fourth-order valence-corrected chi connectivity index (χ4v) is 3.91. The monoisotopic (exact) mass is 404 g/mol. The molecule has 4 rings (SSSR count). The number of nitrogens with one attached hydrogen (secondary N) is 1. The molecule has 1 aliphatic rings. The van der Waals surface area contributed by atoms with Gasteiger partial charge in [-0.25, -0.2) is 0 Å². The molecule has 3 aromatic rings. The summed E-state index contributed by atoms with van der Waals surface area (Å²) in [6.07, 6.45) is 3.30. The maximum atomic E-state index is 13.2. The van der Waals surface area contributed by atoms with Gasteiger partial charge in [-0.3, -0.25) is 19.5 Å². The summed E-state index contributed by atoms with van der Waals surface area (Å²) in [6, 6.07) is 15.1. The predicted octanol–water partition coefficient (Wildman–Crippen LogP) is 3.60. The van der Waals surface area contributed by atoms with E-state index in [4.69, 9.17) is 0 Å². The van der Waals surface area contributed by atoms with Crippen LogP contribution in [0, 0.1) is 0 Å². The largest absolute Gasteiger partial charge is 0.378 e. The number of thiophene rings is 1. The van der Waals surface area contributed by atoms with E-state index in [1.54, 1.807) is 24.5 Å². The average Bonchev–Trinajstić information content (AvgIpc) is 3.33. The zero-order chi connectivity index (χ0) is 20.4. The van der Waals surface area contributed by atoms with Crippen LogP contribution in [0.1, 0.15) is 10.4 Å². The van der Waals surface area contributed by atoms with Crippen molar-refractivity contribution in [2.45, 2.75) is 6.54 Å². The second-order valence-electron chi connectivity index (χ2n) is 6.85. The van der Waals surface area contributed by atoms with Crippen LogP contribution in [-0.4, -0.2) is 35.8 Å². The molecule has 29 heavy (non-hydrogen) atoms. The lowest BCUT2D eigenvalue weighted by Gasteiger charge is -2.16. The summed E-state index contributed by atoms with van der Waals surface area (Å²) in [6.45, 7) is 0.208. The molecule has 0 spiro atoms. The molecule has 2 aromatic heterocycles. The maximum absolute atomic E-state index is 13.2.